The number of halogens is 2. The lowest BCUT2D eigenvalue weighted by molar-refractivity contribution is 0.182. The van der Waals surface area contributed by atoms with Crippen LogP contribution in [0.2, 0.25) is 0 Å². The van der Waals surface area contributed by atoms with Crippen LogP contribution in [0.15, 0.2) is 45.9 Å². The van der Waals surface area contributed by atoms with Crippen molar-refractivity contribution in [1.29, 1.82) is 0 Å². The van der Waals surface area contributed by atoms with E-state index in [4.69, 9.17) is 4.74 Å². The fourth-order valence-electron chi connectivity index (χ4n) is 3.48. The largest absolute Gasteiger partial charge is 0.480 e. The fraction of sp³-hybridized carbons (Fsp3) is 0.167. The molecule has 1 atom stereocenters. The number of nitrogens with zero attached hydrogens (tertiary/aromatic N) is 4. The molecule has 1 aliphatic rings. The third-order valence-corrected chi connectivity index (χ3v) is 5.48. The van der Waals surface area contributed by atoms with Crippen molar-refractivity contribution in [2.45, 2.75) is 12.6 Å². The Bertz CT molecular complexity index is 1250. The molecule has 0 N–H and O–H groups in total. The van der Waals surface area contributed by atoms with Gasteiger partial charge in [0.25, 0.3) is 0 Å². The molecule has 0 amide bonds. The van der Waals surface area contributed by atoms with Gasteiger partial charge in [-0.25, -0.2) is 9.18 Å². The molecule has 0 bridgehead atoms. The van der Waals surface area contributed by atoms with Gasteiger partial charge in [0.2, 0.25) is 0 Å². The molecular formula is C18H12BrFN4O2. The van der Waals surface area contributed by atoms with E-state index in [2.05, 4.69) is 25.9 Å². The lowest BCUT2D eigenvalue weighted by atomic mass is 10.1. The van der Waals surface area contributed by atoms with Crippen molar-refractivity contribution in [3.05, 3.63) is 63.1 Å². The summed E-state index contributed by atoms with van der Waals surface area (Å²) in [5.74, 6) is -0.128. The van der Waals surface area contributed by atoms with E-state index in [0.29, 0.717) is 33.4 Å². The zero-order valence-electron chi connectivity index (χ0n) is 13.6. The molecule has 0 radical (unpaired) electrons. The number of ether oxygens (including phenoxy) is 1. The van der Waals surface area contributed by atoms with E-state index in [0.717, 1.165) is 0 Å². The Morgan fingerprint density at radius 1 is 1.35 bits per heavy atom. The minimum atomic E-state index is -0.534. The van der Waals surface area contributed by atoms with Crippen LogP contribution in [-0.2, 0) is 13.6 Å². The summed E-state index contributed by atoms with van der Waals surface area (Å²) in [6, 6.07) is 6.83. The maximum atomic E-state index is 14.4. The molecule has 1 aromatic carbocycles. The highest BCUT2D eigenvalue weighted by molar-refractivity contribution is 9.10. The minimum absolute atomic E-state index is 0.174. The van der Waals surface area contributed by atoms with Gasteiger partial charge in [0.15, 0.2) is 6.10 Å². The van der Waals surface area contributed by atoms with Gasteiger partial charge < -0.3 is 4.74 Å². The summed E-state index contributed by atoms with van der Waals surface area (Å²) in [5.41, 5.74) is 2.30. The van der Waals surface area contributed by atoms with E-state index in [1.165, 1.54) is 6.07 Å². The maximum absolute atomic E-state index is 14.4. The molecule has 1 unspecified atom stereocenters. The lowest BCUT2D eigenvalue weighted by Gasteiger charge is -2.18. The minimum Gasteiger partial charge on any atom is -0.480 e. The smallest absolute Gasteiger partial charge is 0.329 e. The van der Waals surface area contributed by atoms with Crippen molar-refractivity contribution in [3.8, 4) is 5.75 Å². The molecule has 8 heteroatoms. The maximum Gasteiger partial charge on any atom is 0.329 e. The highest BCUT2D eigenvalue weighted by Gasteiger charge is 2.29. The second-order valence-electron chi connectivity index (χ2n) is 6.20. The van der Waals surface area contributed by atoms with Crippen molar-refractivity contribution < 1.29 is 9.13 Å². The number of benzene rings is 1. The predicted octanol–water partition coefficient (Wildman–Crippen LogP) is 3.32. The number of rotatable bonds is 1. The van der Waals surface area contributed by atoms with Crippen molar-refractivity contribution >= 4 is 37.9 Å². The van der Waals surface area contributed by atoms with E-state index in [1.54, 1.807) is 28.6 Å². The molecule has 0 aliphatic carbocycles. The van der Waals surface area contributed by atoms with Crippen LogP contribution in [-0.4, -0.2) is 19.1 Å². The second kappa shape index (κ2) is 5.38. The van der Waals surface area contributed by atoms with Gasteiger partial charge in [-0.15, -0.1) is 0 Å². The van der Waals surface area contributed by atoms with E-state index < -0.39 is 11.9 Å². The van der Waals surface area contributed by atoms with Crippen LogP contribution in [0.3, 0.4) is 0 Å². The first kappa shape index (κ1) is 15.5. The van der Waals surface area contributed by atoms with Crippen LogP contribution in [0.1, 0.15) is 11.8 Å². The summed E-state index contributed by atoms with van der Waals surface area (Å²) in [6.45, 7) is 0.273. The summed E-state index contributed by atoms with van der Waals surface area (Å²) in [7, 11) is 1.70. The number of hydrogen-bond donors (Lipinski definition) is 0. The van der Waals surface area contributed by atoms with E-state index >= 15 is 0 Å². The molecule has 0 spiro atoms. The first-order valence-electron chi connectivity index (χ1n) is 8.00. The van der Waals surface area contributed by atoms with Crippen LogP contribution in [0.5, 0.6) is 5.75 Å². The molecule has 5 rings (SSSR count). The third kappa shape index (κ3) is 1.99. The molecule has 0 saturated heterocycles. The zero-order valence-corrected chi connectivity index (χ0v) is 15.2. The summed E-state index contributed by atoms with van der Waals surface area (Å²) in [4.78, 5) is 21.5. The monoisotopic (exact) mass is 414 g/mol. The van der Waals surface area contributed by atoms with Crippen molar-refractivity contribution in [3.63, 3.8) is 0 Å². The molecular weight excluding hydrogens is 403 g/mol. The molecule has 130 valence electrons. The van der Waals surface area contributed by atoms with E-state index in [1.807, 2.05) is 18.2 Å². The molecule has 0 saturated carbocycles. The Morgan fingerprint density at radius 3 is 2.96 bits per heavy atom. The average Bonchev–Trinajstić information content (AvgIpc) is 2.81. The zero-order chi connectivity index (χ0) is 18.0. The van der Waals surface area contributed by atoms with Crippen molar-refractivity contribution in [1.82, 2.24) is 19.1 Å². The number of aryl methyl sites for hydroxylation is 1. The van der Waals surface area contributed by atoms with Crippen LogP contribution in [0.25, 0.3) is 21.9 Å². The molecule has 4 aromatic rings. The second-order valence-corrected chi connectivity index (χ2v) is 6.99. The summed E-state index contributed by atoms with van der Waals surface area (Å²) in [5, 5.41) is 0.618. The molecule has 6 nitrogen and oxygen atoms in total. The molecule has 1 aliphatic heterocycles. The molecule has 26 heavy (non-hydrogen) atoms. The SMILES string of the molecule is Cn1c(=O)n2c3c4c(c(Br)c(F)cc4ncc31)OC(c1ccccn1)C2. The van der Waals surface area contributed by atoms with Gasteiger partial charge in [-0.2, -0.15) is 0 Å². The Labute approximate surface area is 155 Å². The first-order valence-corrected chi connectivity index (χ1v) is 8.79. The van der Waals surface area contributed by atoms with Crippen molar-refractivity contribution in [2.24, 2.45) is 7.05 Å². The lowest BCUT2D eigenvalue weighted by Crippen LogP contribution is -2.26. The number of imidazole rings is 1. The number of aromatic nitrogens is 4. The highest BCUT2D eigenvalue weighted by atomic mass is 79.9. The first-order chi connectivity index (χ1) is 12.6. The number of hydrogen-bond acceptors (Lipinski definition) is 4. The predicted molar refractivity (Wildman–Crippen MR) is 97.7 cm³/mol. The Hall–Kier alpha value is -2.74. The average molecular weight is 415 g/mol. The summed E-state index contributed by atoms with van der Waals surface area (Å²) < 4.78 is 24.0. The van der Waals surface area contributed by atoms with Gasteiger partial charge in [-0.1, -0.05) is 6.07 Å². The van der Waals surface area contributed by atoms with Crippen LogP contribution < -0.4 is 10.4 Å². The topological polar surface area (TPSA) is 61.9 Å². The summed E-state index contributed by atoms with van der Waals surface area (Å²) in [6.07, 6.45) is 2.72. The van der Waals surface area contributed by atoms with Crippen LogP contribution in [0, 0.1) is 5.82 Å². The molecule has 3 aromatic heterocycles. The van der Waals surface area contributed by atoms with Crippen LogP contribution >= 0.6 is 15.9 Å². The fourth-order valence-corrected chi connectivity index (χ4v) is 3.89. The molecule has 0 fully saturated rings. The van der Waals surface area contributed by atoms with Crippen molar-refractivity contribution in [2.75, 3.05) is 0 Å². The van der Waals surface area contributed by atoms with E-state index in [-0.39, 0.29) is 16.7 Å². The van der Waals surface area contributed by atoms with Gasteiger partial charge >= 0.3 is 5.69 Å². The normalized spacial score (nSPS) is 16.2. The molecule has 4 heterocycles. The number of pyridine rings is 2. The standard InChI is InChI=1S/C18H12BrFN4O2/c1-23-12-7-22-11-6-9(20)15(19)17-14(11)16(12)24(18(23)25)8-13(26-17)10-4-2-3-5-21-10/h2-7,13H,8H2,1H3. The Kier molecular flexibility index (Phi) is 3.21. The van der Waals surface area contributed by atoms with Gasteiger partial charge in [-0.05, 0) is 28.1 Å². The van der Waals surface area contributed by atoms with Gasteiger partial charge in [0.1, 0.15) is 11.6 Å². The van der Waals surface area contributed by atoms with Gasteiger partial charge in [0, 0.05) is 19.3 Å². The summed E-state index contributed by atoms with van der Waals surface area (Å²) >= 11 is 3.29. The Balaban J connectivity index is 1.93. The quantitative estimate of drug-likeness (QED) is 0.479. The highest BCUT2D eigenvalue weighted by Crippen LogP contribution is 2.43. The van der Waals surface area contributed by atoms with E-state index in [9.17, 15) is 9.18 Å². The van der Waals surface area contributed by atoms with Gasteiger partial charge in [0.05, 0.1) is 44.8 Å². The third-order valence-electron chi connectivity index (χ3n) is 4.74. The van der Waals surface area contributed by atoms with Gasteiger partial charge in [-0.3, -0.25) is 19.1 Å². The van der Waals surface area contributed by atoms with Crippen LogP contribution in [0.4, 0.5) is 4.39 Å². The Morgan fingerprint density at radius 2 is 2.19 bits per heavy atom.